The molecule has 2 aliphatic rings. The Morgan fingerprint density at radius 2 is 1.59 bits per heavy atom. The van der Waals surface area contributed by atoms with E-state index in [-0.39, 0.29) is 11.9 Å². The van der Waals surface area contributed by atoms with Gasteiger partial charge < -0.3 is 4.74 Å². The molecule has 0 amide bonds. The topological polar surface area (TPSA) is 26.3 Å². The lowest BCUT2D eigenvalue weighted by molar-refractivity contribution is -0.140. The molecule has 2 nitrogen and oxygen atoms in total. The van der Waals surface area contributed by atoms with Crippen molar-refractivity contribution in [2.24, 2.45) is 17.8 Å². The number of esters is 1. The van der Waals surface area contributed by atoms with E-state index in [1.807, 2.05) is 42.5 Å². The van der Waals surface area contributed by atoms with Gasteiger partial charge in [0.05, 0.1) is 5.92 Å². The number of hydrogen-bond acceptors (Lipinski definition) is 2. The van der Waals surface area contributed by atoms with Crippen LogP contribution in [0.2, 0.25) is 0 Å². The van der Waals surface area contributed by atoms with Crippen molar-refractivity contribution in [3.8, 4) is 16.9 Å². The molecule has 0 aromatic heterocycles. The van der Waals surface area contributed by atoms with Gasteiger partial charge in [0.1, 0.15) is 5.75 Å². The van der Waals surface area contributed by atoms with Crippen molar-refractivity contribution < 1.29 is 9.53 Å². The summed E-state index contributed by atoms with van der Waals surface area (Å²) in [5.74, 6) is 2.10. The molecule has 0 heterocycles. The highest BCUT2D eigenvalue weighted by atomic mass is 16.5. The molecule has 0 N–H and O–H groups in total. The second-order valence-electron chi connectivity index (χ2n) is 6.59. The first-order chi connectivity index (χ1) is 10.8. The van der Waals surface area contributed by atoms with Crippen LogP contribution in [-0.4, -0.2) is 5.97 Å². The first-order valence-corrected chi connectivity index (χ1v) is 8.17. The van der Waals surface area contributed by atoms with Crippen LogP contribution in [0, 0.1) is 17.8 Å². The molecule has 2 aromatic rings. The van der Waals surface area contributed by atoms with Crippen LogP contribution in [0.4, 0.5) is 0 Å². The quantitative estimate of drug-likeness (QED) is 0.605. The van der Waals surface area contributed by atoms with Gasteiger partial charge in [-0.15, -0.1) is 0 Å². The fraction of sp³-hybridized carbons (Fsp3) is 0.350. The fourth-order valence-corrected chi connectivity index (χ4v) is 4.07. The molecule has 2 aromatic carbocycles. The Bertz CT molecular complexity index is 660. The van der Waals surface area contributed by atoms with Crippen LogP contribution in [0.15, 0.2) is 54.6 Å². The van der Waals surface area contributed by atoms with Crippen molar-refractivity contribution in [2.75, 3.05) is 0 Å². The predicted molar refractivity (Wildman–Crippen MR) is 86.5 cm³/mol. The molecule has 2 aliphatic carbocycles. The molecule has 2 heteroatoms. The fourth-order valence-electron chi connectivity index (χ4n) is 4.07. The molecule has 22 heavy (non-hydrogen) atoms. The maximum atomic E-state index is 12.3. The second-order valence-corrected chi connectivity index (χ2v) is 6.59. The van der Waals surface area contributed by atoms with Gasteiger partial charge in [-0.3, -0.25) is 4.79 Å². The average molecular weight is 292 g/mol. The molecule has 2 saturated carbocycles. The van der Waals surface area contributed by atoms with Crippen molar-refractivity contribution in [3.05, 3.63) is 54.6 Å². The number of rotatable bonds is 3. The van der Waals surface area contributed by atoms with Crippen LogP contribution in [0.25, 0.3) is 11.1 Å². The number of carbonyl (C=O) groups excluding carboxylic acids is 1. The normalized spacial score (nSPS) is 26.1. The number of benzene rings is 2. The predicted octanol–water partition coefficient (Wildman–Crippen LogP) is 4.70. The maximum Gasteiger partial charge on any atom is 0.314 e. The SMILES string of the molecule is O=C(Oc1ccc(-c2ccccc2)cc1)C1CC2CCC1C2. The molecular weight excluding hydrogens is 272 g/mol. The molecule has 0 aliphatic heterocycles. The summed E-state index contributed by atoms with van der Waals surface area (Å²) in [6, 6.07) is 18.0. The van der Waals surface area contributed by atoms with E-state index in [9.17, 15) is 4.79 Å². The summed E-state index contributed by atoms with van der Waals surface area (Å²) < 4.78 is 5.60. The summed E-state index contributed by atoms with van der Waals surface area (Å²) in [6.07, 6.45) is 4.77. The average Bonchev–Trinajstić information content (AvgIpc) is 3.19. The van der Waals surface area contributed by atoms with Crippen LogP contribution in [-0.2, 0) is 4.79 Å². The summed E-state index contributed by atoms with van der Waals surface area (Å²) >= 11 is 0. The van der Waals surface area contributed by atoms with Crippen LogP contribution in [0.3, 0.4) is 0 Å². The minimum Gasteiger partial charge on any atom is -0.426 e. The number of carbonyl (C=O) groups is 1. The second kappa shape index (κ2) is 5.60. The summed E-state index contributed by atoms with van der Waals surface area (Å²) in [6.45, 7) is 0. The van der Waals surface area contributed by atoms with Crippen LogP contribution in [0.5, 0.6) is 5.75 Å². The van der Waals surface area contributed by atoms with E-state index in [1.54, 1.807) is 0 Å². The lowest BCUT2D eigenvalue weighted by Gasteiger charge is -2.19. The lowest BCUT2D eigenvalue weighted by Crippen LogP contribution is -2.25. The number of fused-ring (bicyclic) bond motifs is 2. The highest BCUT2D eigenvalue weighted by Gasteiger charge is 2.44. The Kier molecular flexibility index (Phi) is 3.45. The zero-order valence-electron chi connectivity index (χ0n) is 12.6. The molecule has 3 atom stereocenters. The lowest BCUT2D eigenvalue weighted by atomic mass is 9.89. The van der Waals surface area contributed by atoms with Gasteiger partial charge in [-0.05, 0) is 54.4 Å². The molecule has 112 valence electrons. The van der Waals surface area contributed by atoms with Gasteiger partial charge in [-0.1, -0.05) is 48.9 Å². The van der Waals surface area contributed by atoms with Crippen molar-refractivity contribution in [1.29, 1.82) is 0 Å². The number of ether oxygens (including phenoxy) is 1. The Morgan fingerprint density at radius 1 is 0.864 bits per heavy atom. The highest BCUT2D eigenvalue weighted by Crippen LogP contribution is 2.48. The van der Waals surface area contributed by atoms with Crippen LogP contribution >= 0.6 is 0 Å². The smallest absolute Gasteiger partial charge is 0.314 e. The van der Waals surface area contributed by atoms with Crippen LogP contribution < -0.4 is 4.74 Å². The van der Waals surface area contributed by atoms with Gasteiger partial charge in [-0.25, -0.2) is 0 Å². The largest absolute Gasteiger partial charge is 0.426 e. The van der Waals surface area contributed by atoms with E-state index in [0.29, 0.717) is 11.7 Å². The maximum absolute atomic E-state index is 12.3. The molecular formula is C20H20O2. The van der Waals surface area contributed by atoms with E-state index < -0.39 is 0 Å². The molecule has 0 radical (unpaired) electrons. The summed E-state index contributed by atoms with van der Waals surface area (Å²) in [4.78, 5) is 12.3. The summed E-state index contributed by atoms with van der Waals surface area (Å²) in [5.41, 5.74) is 2.31. The summed E-state index contributed by atoms with van der Waals surface area (Å²) in [5, 5.41) is 0. The van der Waals surface area contributed by atoms with Gasteiger partial charge in [0.2, 0.25) is 0 Å². The molecule has 2 bridgehead atoms. The van der Waals surface area contributed by atoms with Crippen LogP contribution in [0.1, 0.15) is 25.7 Å². The van der Waals surface area contributed by atoms with E-state index in [4.69, 9.17) is 4.74 Å². The van der Waals surface area contributed by atoms with E-state index >= 15 is 0 Å². The van der Waals surface area contributed by atoms with Crippen molar-refractivity contribution in [1.82, 2.24) is 0 Å². The third-order valence-corrected chi connectivity index (χ3v) is 5.22. The zero-order chi connectivity index (χ0) is 14.9. The first kappa shape index (κ1) is 13.6. The van der Waals surface area contributed by atoms with Gasteiger partial charge in [0, 0.05) is 0 Å². The minimum atomic E-state index is -0.0281. The molecule has 2 fully saturated rings. The van der Waals surface area contributed by atoms with Crippen molar-refractivity contribution in [2.45, 2.75) is 25.7 Å². The zero-order valence-corrected chi connectivity index (χ0v) is 12.6. The highest BCUT2D eigenvalue weighted by molar-refractivity contribution is 5.76. The van der Waals surface area contributed by atoms with Gasteiger partial charge in [-0.2, -0.15) is 0 Å². The molecule has 0 saturated heterocycles. The third-order valence-electron chi connectivity index (χ3n) is 5.22. The third kappa shape index (κ3) is 2.54. The molecule has 3 unspecified atom stereocenters. The Hall–Kier alpha value is -2.09. The molecule has 0 spiro atoms. The van der Waals surface area contributed by atoms with Crippen molar-refractivity contribution in [3.63, 3.8) is 0 Å². The van der Waals surface area contributed by atoms with E-state index in [2.05, 4.69) is 12.1 Å². The van der Waals surface area contributed by atoms with Gasteiger partial charge in [0.15, 0.2) is 0 Å². The first-order valence-electron chi connectivity index (χ1n) is 8.17. The van der Waals surface area contributed by atoms with Gasteiger partial charge >= 0.3 is 5.97 Å². The van der Waals surface area contributed by atoms with E-state index in [0.717, 1.165) is 17.9 Å². The standard InChI is InChI=1S/C20H20O2/c21-20(19-13-14-6-7-17(19)12-14)22-18-10-8-16(9-11-18)15-4-2-1-3-5-15/h1-5,8-11,14,17,19H,6-7,12-13H2. The summed E-state index contributed by atoms with van der Waals surface area (Å²) in [7, 11) is 0. The van der Waals surface area contributed by atoms with Crippen molar-refractivity contribution >= 4 is 5.97 Å². The van der Waals surface area contributed by atoms with E-state index in [1.165, 1.54) is 24.8 Å². The minimum absolute atomic E-state index is 0.0281. The Labute approximate surface area is 131 Å². The molecule has 4 rings (SSSR count). The Balaban J connectivity index is 1.44. The Morgan fingerprint density at radius 3 is 2.23 bits per heavy atom. The monoisotopic (exact) mass is 292 g/mol. The number of hydrogen-bond donors (Lipinski definition) is 0. The van der Waals surface area contributed by atoms with Gasteiger partial charge in [0.25, 0.3) is 0 Å².